The lowest BCUT2D eigenvalue weighted by molar-refractivity contribution is 0.493. The zero-order valence-corrected chi connectivity index (χ0v) is 20.5. The van der Waals surface area contributed by atoms with Crippen LogP contribution < -0.4 is 4.72 Å². The Balaban J connectivity index is 1.71. The lowest BCUT2D eigenvalue weighted by Crippen LogP contribution is -2.40. The van der Waals surface area contributed by atoms with Crippen molar-refractivity contribution in [2.75, 3.05) is 0 Å². The molecule has 1 N–H and O–H groups in total. The smallest absolute Gasteiger partial charge is 0.251 e. The van der Waals surface area contributed by atoms with E-state index in [9.17, 15) is 8.42 Å². The zero-order valence-electron chi connectivity index (χ0n) is 18.8. The van der Waals surface area contributed by atoms with Gasteiger partial charge in [-0.15, -0.1) is 11.3 Å². The summed E-state index contributed by atoms with van der Waals surface area (Å²) >= 11 is 1.39. The van der Waals surface area contributed by atoms with Gasteiger partial charge in [0.2, 0.25) is 0 Å². The molecule has 0 radical (unpaired) electrons. The number of sulfonamides is 1. The van der Waals surface area contributed by atoms with E-state index < -0.39 is 15.6 Å². The molecule has 3 heterocycles. The molecule has 1 aliphatic rings. The minimum Gasteiger partial charge on any atom is -0.327 e. The molecule has 1 aromatic carbocycles. The maximum atomic E-state index is 13.2. The first-order valence-electron chi connectivity index (χ1n) is 10.8. The van der Waals surface area contributed by atoms with Gasteiger partial charge in [0.05, 0.1) is 6.04 Å². The Bertz CT molecular complexity index is 1170. The molecule has 166 valence electrons. The number of aryl methyl sites for hydroxylation is 1. The molecule has 0 aliphatic carbocycles. The van der Waals surface area contributed by atoms with Gasteiger partial charge in [0, 0.05) is 34.8 Å². The topological polar surface area (TPSA) is 64.0 Å². The highest BCUT2D eigenvalue weighted by Crippen LogP contribution is 2.38. The highest BCUT2D eigenvalue weighted by Gasteiger charge is 2.28. The molecule has 5 nitrogen and oxygen atoms in total. The number of fused-ring (bicyclic) bond motifs is 1. The number of rotatable bonds is 6. The summed E-state index contributed by atoms with van der Waals surface area (Å²) < 4.78 is 31.9. The predicted molar refractivity (Wildman–Crippen MR) is 127 cm³/mol. The van der Waals surface area contributed by atoms with Crippen molar-refractivity contribution < 1.29 is 8.42 Å². The molecule has 31 heavy (non-hydrogen) atoms. The lowest BCUT2D eigenvalue weighted by atomic mass is 10.0. The second kappa shape index (κ2) is 8.19. The van der Waals surface area contributed by atoms with Gasteiger partial charge in [-0.25, -0.2) is 18.1 Å². The molecule has 1 atom stereocenters. The van der Waals surface area contributed by atoms with E-state index in [2.05, 4.69) is 58.5 Å². The summed E-state index contributed by atoms with van der Waals surface area (Å²) in [5.74, 6) is 1.60. The Morgan fingerprint density at radius 3 is 2.58 bits per heavy atom. The van der Waals surface area contributed by atoms with Gasteiger partial charge in [0.1, 0.15) is 10.0 Å². The molecule has 0 saturated carbocycles. The van der Waals surface area contributed by atoms with Crippen molar-refractivity contribution in [3.8, 4) is 11.1 Å². The van der Waals surface area contributed by atoms with E-state index in [0.717, 1.165) is 41.1 Å². The van der Waals surface area contributed by atoms with Gasteiger partial charge >= 0.3 is 0 Å². The van der Waals surface area contributed by atoms with E-state index in [-0.39, 0.29) is 0 Å². The fourth-order valence-electron chi connectivity index (χ4n) is 4.21. The lowest BCUT2D eigenvalue weighted by Gasteiger charge is -2.20. The number of thiophene rings is 1. The van der Waals surface area contributed by atoms with Crippen LogP contribution >= 0.6 is 11.3 Å². The largest absolute Gasteiger partial charge is 0.327 e. The molecule has 0 fully saturated rings. The highest BCUT2D eigenvalue weighted by atomic mass is 32.2. The van der Waals surface area contributed by atoms with Gasteiger partial charge in [0.25, 0.3) is 10.0 Å². The molecule has 0 spiro atoms. The Morgan fingerprint density at radius 1 is 1.23 bits per heavy atom. The summed E-state index contributed by atoms with van der Waals surface area (Å²) in [5, 5.41) is 0. The Morgan fingerprint density at radius 2 is 1.94 bits per heavy atom. The third-order valence-corrected chi connectivity index (χ3v) is 8.83. The van der Waals surface area contributed by atoms with Gasteiger partial charge in [0.15, 0.2) is 0 Å². The molecule has 7 heteroatoms. The summed E-state index contributed by atoms with van der Waals surface area (Å²) in [4.78, 5) is 5.52. The number of hydrogen-bond acceptors (Lipinski definition) is 4. The normalized spacial score (nSPS) is 16.8. The average molecular weight is 458 g/mol. The Hall–Kier alpha value is -1.96. The van der Waals surface area contributed by atoms with Crippen LogP contribution in [0.25, 0.3) is 11.1 Å². The summed E-state index contributed by atoms with van der Waals surface area (Å²) in [6.07, 6.45) is 6.81. The number of nitrogens with one attached hydrogen (secondary N) is 1. The van der Waals surface area contributed by atoms with Gasteiger partial charge in [-0.05, 0) is 56.7 Å². The SMILES string of the molecule is CC(C)Cc1cc(-c2ccc(C3CCc4nccn43)cc2)c(S(=O)(=O)NC(C)(C)C)s1. The van der Waals surface area contributed by atoms with E-state index in [4.69, 9.17) is 0 Å². The first kappa shape index (κ1) is 22.2. The molecule has 1 unspecified atom stereocenters. The minimum absolute atomic E-state index is 0.302. The minimum atomic E-state index is -3.61. The first-order chi connectivity index (χ1) is 14.5. The van der Waals surface area contributed by atoms with Crippen LogP contribution in [0.1, 0.15) is 63.3 Å². The van der Waals surface area contributed by atoms with Crippen LogP contribution in [0, 0.1) is 5.92 Å². The number of benzene rings is 1. The number of aromatic nitrogens is 2. The van der Waals surface area contributed by atoms with Crippen molar-refractivity contribution in [2.45, 2.75) is 69.7 Å². The number of hydrogen-bond donors (Lipinski definition) is 1. The maximum Gasteiger partial charge on any atom is 0.251 e. The summed E-state index contributed by atoms with van der Waals surface area (Å²) in [6, 6.07) is 10.7. The fourth-order valence-corrected chi connectivity index (χ4v) is 7.58. The quantitative estimate of drug-likeness (QED) is 0.537. The van der Waals surface area contributed by atoms with Gasteiger partial charge in [-0.3, -0.25) is 0 Å². The molecule has 3 aromatic rings. The van der Waals surface area contributed by atoms with E-state index in [1.54, 1.807) is 0 Å². The molecule has 2 aromatic heterocycles. The summed E-state index contributed by atoms with van der Waals surface area (Å²) in [5.41, 5.74) is 2.43. The third kappa shape index (κ3) is 4.78. The maximum absolute atomic E-state index is 13.2. The van der Waals surface area contributed by atoms with Crippen molar-refractivity contribution in [2.24, 2.45) is 5.92 Å². The molecule has 0 saturated heterocycles. The molecule has 0 amide bonds. The van der Waals surface area contributed by atoms with Crippen LogP contribution in [0.5, 0.6) is 0 Å². The van der Waals surface area contributed by atoms with Gasteiger partial charge in [-0.2, -0.15) is 0 Å². The summed E-state index contributed by atoms with van der Waals surface area (Å²) in [7, 11) is -3.61. The van der Waals surface area contributed by atoms with Crippen LogP contribution in [0.2, 0.25) is 0 Å². The predicted octanol–water partition coefficient (Wildman–Crippen LogP) is 5.42. The average Bonchev–Trinajstić information content (AvgIpc) is 3.34. The second-order valence-electron chi connectivity index (χ2n) is 9.79. The van der Waals surface area contributed by atoms with Crippen LogP contribution in [0.3, 0.4) is 0 Å². The third-order valence-electron chi connectivity index (χ3n) is 5.38. The van der Waals surface area contributed by atoms with Crippen LogP contribution in [-0.2, 0) is 22.9 Å². The fraction of sp³-hybridized carbons (Fsp3) is 0.458. The van der Waals surface area contributed by atoms with E-state index in [1.165, 1.54) is 16.9 Å². The number of imidazole rings is 1. The van der Waals surface area contributed by atoms with Crippen molar-refractivity contribution >= 4 is 21.4 Å². The molecule has 0 bridgehead atoms. The van der Waals surface area contributed by atoms with Crippen molar-refractivity contribution in [3.05, 3.63) is 59.0 Å². The van der Waals surface area contributed by atoms with Crippen molar-refractivity contribution in [3.63, 3.8) is 0 Å². The molecule has 4 rings (SSSR count). The van der Waals surface area contributed by atoms with Gasteiger partial charge < -0.3 is 4.57 Å². The van der Waals surface area contributed by atoms with Gasteiger partial charge in [-0.1, -0.05) is 38.1 Å². The molecular formula is C24H31N3O2S2. The van der Waals surface area contributed by atoms with E-state index >= 15 is 0 Å². The number of nitrogens with zero attached hydrogens (tertiary/aromatic N) is 2. The van der Waals surface area contributed by atoms with Crippen LogP contribution in [0.4, 0.5) is 0 Å². The van der Waals surface area contributed by atoms with Crippen molar-refractivity contribution in [1.82, 2.24) is 14.3 Å². The van der Waals surface area contributed by atoms with E-state index in [1.807, 2.05) is 33.2 Å². The zero-order chi connectivity index (χ0) is 22.4. The summed E-state index contributed by atoms with van der Waals surface area (Å²) in [6.45, 7) is 9.91. The standard InChI is InChI=1S/C24H31N3O2S2/c1-16(2)14-19-15-20(23(30-19)31(28,29)26-24(3,4)5)17-6-8-18(9-7-17)21-10-11-22-25-12-13-27(21)22/h6-9,12-13,15-16,21,26H,10-11,14H2,1-5H3. The van der Waals surface area contributed by atoms with Crippen LogP contribution in [0.15, 0.2) is 46.9 Å². The first-order valence-corrected chi connectivity index (χ1v) is 13.1. The monoisotopic (exact) mass is 457 g/mol. The second-order valence-corrected chi connectivity index (χ2v) is 12.8. The van der Waals surface area contributed by atoms with Crippen molar-refractivity contribution in [1.29, 1.82) is 0 Å². The van der Waals surface area contributed by atoms with E-state index in [0.29, 0.717) is 16.2 Å². The van der Waals surface area contributed by atoms with Crippen LogP contribution in [-0.4, -0.2) is 23.5 Å². The Kier molecular flexibility index (Phi) is 5.87. The molecular weight excluding hydrogens is 426 g/mol. The molecule has 1 aliphatic heterocycles. The Labute approximate surface area is 189 Å². The highest BCUT2D eigenvalue weighted by molar-refractivity contribution is 7.91.